The zero-order valence-corrected chi connectivity index (χ0v) is 21.0. The number of hydrogen-bond acceptors (Lipinski definition) is 7. The van der Waals surface area contributed by atoms with Gasteiger partial charge < -0.3 is 15.4 Å². The Bertz CT molecular complexity index is 1420. The van der Waals surface area contributed by atoms with Crippen LogP contribution in [0.4, 0.5) is 5.69 Å². The minimum Gasteiger partial charge on any atom is -0.491 e. The lowest BCUT2D eigenvalue weighted by molar-refractivity contribution is 0.0969. The number of ketones is 1. The van der Waals surface area contributed by atoms with Crippen molar-refractivity contribution in [3.63, 3.8) is 0 Å². The van der Waals surface area contributed by atoms with Crippen LogP contribution in [0.1, 0.15) is 46.9 Å². The number of halogens is 1. The first-order chi connectivity index (χ1) is 18.1. The van der Waals surface area contributed by atoms with E-state index < -0.39 is 5.54 Å². The van der Waals surface area contributed by atoms with Gasteiger partial charge in [-0.2, -0.15) is 5.10 Å². The molecule has 8 nitrogen and oxygen atoms in total. The molecule has 1 saturated heterocycles. The van der Waals surface area contributed by atoms with Crippen molar-refractivity contribution < 1.29 is 9.53 Å². The van der Waals surface area contributed by atoms with Crippen LogP contribution in [0, 0.1) is 0 Å². The molecule has 37 heavy (non-hydrogen) atoms. The highest BCUT2D eigenvalue weighted by Crippen LogP contribution is 2.41. The maximum absolute atomic E-state index is 13.3. The third-order valence-corrected chi connectivity index (χ3v) is 7.50. The number of pyridine rings is 1. The predicted molar refractivity (Wildman–Crippen MR) is 142 cm³/mol. The molecule has 6 rings (SSSR count). The number of H-pyrrole nitrogens is 1. The zero-order valence-electron chi connectivity index (χ0n) is 20.2. The van der Waals surface area contributed by atoms with Crippen LogP contribution in [-0.4, -0.2) is 45.6 Å². The summed E-state index contributed by atoms with van der Waals surface area (Å²) in [5, 5.41) is 15.4. The molecule has 0 saturated carbocycles. The van der Waals surface area contributed by atoms with Gasteiger partial charge in [0, 0.05) is 47.1 Å². The average molecular weight is 515 g/mol. The lowest BCUT2D eigenvalue weighted by atomic mass is 9.86. The van der Waals surface area contributed by atoms with Gasteiger partial charge in [0.05, 0.1) is 17.2 Å². The molecular weight excluding hydrogens is 488 g/mol. The third-order valence-electron chi connectivity index (χ3n) is 7.20. The molecule has 0 unspecified atom stereocenters. The fourth-order valence-corrected chi connectivity index (χ4v) is 5.45. The Morgan fingerprint density at radius 3 is 2.76 bits per heavy atom. The van der Waals surface area contributed by atoms with E-state index in [0.717, 1.165) is 48.6 Å². The van der Waals surface area contributed by atoms with Crippen LogP contribution in [0.5, 0.6) is 5.75 Å². The standard InChI is InChI=1S/C28H27ClN6O2/c29-23-6-2-5-22-20(17-37-25(22)23)16-24(36)19-3-1-4-21(15-19)33-28(9-13-31-14-10-28)27-32-26(34-35-27)18-7-11-30-12-8-18/h1-8,11-12,15,20,31,33H,9-10,13-14,16-17H2,(H,32,34,35)/t20-/m0/s1. The maximum Gasteiger partial charge on any atom is 0.181 e. The molecule has 2 aromatic carbocycles. The van der Waals surface area contributed by atoms with E-state index >= 15 is 0 Å². The average Bonchev–Trinajstić information content (AvgIpc) is 3.59. The summed E-state index contributed by atoms with van der Waals surface area (Å²) in [7, 11) is 0. The van der Waals surface area contributed by atoms with Crippen molar-refractivity contribution in [1.82, 2.24) is 25.5 Å². The van der Waals surface area contributed by atoms with Crippen molar-refractivity contribution >= 4 is 23.1 Å². The summed E-state index contributed by atoms with van der Waals surface area (Å²) in [6.07, 6.45) is 5.48. The maximum atomic E-state index is 13.3. The summed E-state index contributed by atoms with van der Waals surface area (Å²) in [6, 6.07) is 17.2. The minimum atomic E-state index is -0.430. The van der Waals surface area contributed by atoms with Gasteiger partial charge in [0.1, 0.15) is 5.75 Å². The Labute approximate surface area is 219 Å². The molecule has 3 N–H and O–H groups in total. The van der Waals surface area contributed by atoms with Gasteiger partial charge in [-0.05, 0) is 56.3 Å². The van der Waals surface area contributed by atoms with Crippen molar-refractivity contribution in [3.8, 4) is 17.1 Å². The summed E-state index contributed by atoms with van der Waals surface area (Å²) in [6.45, 7) is 2.16. The number of ether oxygens (including phenoxy) is 1. The number of para-hydroxylation sites is 1. The largest absolute Gasteiger partial charge is 0.491 e. The summed E-state index contributed by atoms with van der Waals surface area (Å²) in [5.74, 6) is 2.19. The fourth-order valence-electron chi connectivity index (χ4n) is 5.21. The summed E-state index contributed by atoms with van der Waals surface area (Å²) < 4.78 is 5.78. The second kappa shape index (κ2) is 9.95. The van der Waals surface area contributed by atoms with Crippen molar-refractivity contribution in [1.29, 1.82) is 0 Å². The Morgan fingerprint density at radius 2 is 1.92 bits per heavy atom. The molecule has 4 aromatic rings. The summed E-state index contributed by atoms with van der Waals surface area (Å²) >= 11 is 6.26. The Kier molecular flexibility index (Phi) is 6.36. The fraction of sp³-hybridized carbons (Fsp3) is 0.286. The normalized spacial score (nSPS) is 18.1. The molecule has 0 bridgehead atoms. The molecule has 9 heteroatoms. The quantitative estimate of drug-likeness (QED) is 0.299. The molecule has 188 valence electrons. The number of nitrogens with zero attached hydrogens (tertiary/aromatic N) is 3. The van der Waals surface area contributed by atoms with Crippen LogP contribution >= 0.6 is 11.6 Å². The van der Waals surface area contributed by atoms with Crippen molar-refractivity contribution in [2.24, 2.45) is 0 Å². The number of nitrogens with one attached hydrogen (secondary N) is 3. The number of fused-ring (bicyclic) bond motifs is 1. The first kappa shape index (κ1) is 23.6. The molecule has 0 radical (unpaired) electrons. The van der Waals surface area contributed by atoms with Gasteiger partial charge in [-0.1, -0.05) is 35.9 Å². The van der Waals surface area contributed by atoms with Crippen LogP contribution in [0.25, 0.3) is 11.4 Å². The lowest BCUT2D eigenvalue weighted by Crippen LogP contribution is -2.46. The number of hydrogen-bond donors (Lipinski definition) is 3. The first-order valence-corrected chi connectivity index (χ1v) is 12.9. The molecule has 1 atom stereocenters. The monoisotopic (exact) mass is 514 g/mol. The minimum absolute atomic E-state index is 0.00521. The van der Waals surface area contributed by atoms with Crippen LogP contribution in [0.15, 0.2) is 67.0 Å². The van der Waals surface area contributed by atoms with Crippen molar-refractivity contribution in [2.75, 3.05) is 25.0 Å². The Balaban J connectivity index is 1.23. The number of benzene rings is 2. The highest BCUT2D eigenvalue weighted by atomic mass is 35.5. The molecular formula is C28H27ClN6O2. The summed E-state index contributed by atoms with van der Waals surface area (Å²) in [5.41, 5.74) is 3.02. The van der Waals surface area contributed by atoms with Crippen molar-refractivity contribution in [3.05, 3.63) is 89.0 Å². The SMILES string of the molecule is O=C(C[C@H]1COc2c(Cl)cccc21)c1cccc(NC2(c3nc(-c4ccncc4)n[nH]3)CCNCC2)c1. The van der Waals surface area contributed by atoms with E-state index in [1.807, 2.05) is 54.6 Å². The molecule has 0 spiro atoms. The van der Waals surface area contributed by atoms with Gasteiger partial charge in [0.15, 0.2) is 17.4 Å². The number of carbonyl (C=O) groups is 1. The van der Waals surface area contributed by atoms with E-state index in [2.05, 4.69) is 25.8 Å². The number of Topliss-reactive ketones (excluding diaryl/α,β-unsaturated/α-hetero) is 1. The zero-order chi connectivity index (χ0) is 25.2. The number of carbonyl (C=O) groups excluding carboxylic acids is 1. The number of aromatic nitrogens is 4. The van der Waals surface area contributed by atoms with E-state index in [-0.39, 0.29) is 11.7 Å². The highest BCUT2D eigenvalue weighted by molar-refractivity contribution is 6.32. The van der Waals surface area contributed by atoms with Gasteiger partial charge in [0.2, 0.25) is 0 Å². The predicted octanol–water partition coefficient (Wildman–Crippen LogP) is 4.96. The number of piperidine rings is 1. The smallest absolute Gasteiger partial charge is 0.181 e. The second-order valence-corrected chi connectivity index (χ2v) is 9.98. The van der Waals surface area contributed by atoms with Gasteiger partial charge >= 0.3 is 0 Å². The molecule has 0 aliphatic carbocycles. The molecule has 4 heterocycles. The van der Waals surface area contributed by atoms with Crippen LogP contribution in [-0.2, 0) is 5.54 Å². The van der Waals surface area contributed by atoms with E-state index in [0.29, 0.717) is 35.2 Å². The van der Waals surface area contributed by atoms with E-state index in [9.17, 15) is 4.79 Å². The number of rotatable bonds is 7. The second-order valence-electron chi connectivity index (χ2n) is 9.57. The number of aromatic amines is 1. The third kappa shape index (κ3) is 4.70. The molecule has 0 amide bonds. The Morgan fingerprint density at radius 1 is 1.11 bits per heavy atom. The van der Waals surface area contributed by atoms with Crippen LogP contribution in [0.3, 0.4) is 0 Å². The Hall–Kier alpha value is -3.75. The van der Waals surface area contributed by atoms with Crippen LogP contribution < -0.4 is 15.4 Å². The van der Waals surface area contributed by atoms with E-state index in [1.54, 1.807) is 12.4 Å². The molecule has 2 aliphatic rings. The van der Waals surface area contributed by atoms with Gasteiger partial charge in [-0.15, -0.1) is 0 Å². The van der Waals surface area contributed by atoms with Gasteiger partial charge in [-0.25, -0.2) is 4.98 Å². The van der Waals surface area contributed by atoms with Crippen LogP contribution in [0.2, 0.25) is 5.02 Å². The van der Waals surface area contributed by atoms with Gasteiger partial charge in [0.25, 0.3) is 0 Å². The molecule has 1 fully saturated rings. The number of anilines is 1. The molecule has 2 aliphatic heterocycles. The molecule has 2 aromatic heterocycles. The topological polar surface area (TPSA) is 105 Å². The first-order valence-electron chi connectivity index (χ1n) is 12.5. The van der Waals surface area contributed by atoms with E-state index in [4.69, 9.17) is 21.3 Å². The highest BCUT2D eigenvalue weighted by Gasteiger charge is 2.37. The van der Waals surface area contributed by atoms with E-state index in [1.165, 1.54) is 0 Å². The summed E-state index contributed by atoms with van der Waals surface area (Å²) in [4.78, 5) is 22.2. The lowest BCUT2D eigenvalue weighted by Gasteiger charge is -2.37. The van der Waals surface area contributed by atoms with Gasteiger partial charge in [-0.3, -0.25) is 14.9 Å². The van der Waals surface area contributed by atoms with Crippen molar-refractivity contribution in [2.45, 2.75) is 30.7 Å².